The molecule has 0 unspecified atom stereocenters. The van der Waals surface area contributed by atoms with Crippen LogP contribution in [-0.4, -0.2) is 31.6 Å². The molecule has 18 heavy (non-hydrogen) atoms. The summed E-state index contributed by atoms with van der Waals surface area (Å²) < 4.78 is 28.0. The number of halogens is 1. The predicted octanol–water partition coefficient (Wildman–Crippen LogP) is 2.21. The van der Waals surface area contributed by atoms with Crippen molar-refractivity contribution in [3.05, 3.63) is 28.8 Å². The fourth-order valence-corrected chi connectivity index (χ4v) is 2.21. The fourth-order valence-electron chi connectivity index (χ4n) is 1.40. The molecule has 0 bridgehead atoms. The maximum atomic E-state index is 11.3. The van der Waals surface area contributed by atoms with Gasteiger partial charge in [-0.25, -0.2) is 8.42 Å². The fraction of sp³-hybridized carbons (Fsp3) is 0.500. The molecule has 4 nitrogen and oxygen atoms in total. The van der Waals surface area contributed by atoms with Crippen LogP contribution in [0.1, 0.15) is 25.5 Å². The van der Waals surface area contributed by atoms with E-state index >= 15 is 0 Å². The number of hydrogen-bond acceptors (Lipinski definition) is 4. The number of aliphatic hydroxyl groups is 1. The molecule has 0 spiro atoms. The van der Waals surface area contributed by atoms with Crippen LogP contribution >= 0.6 is 11.6 Å². The van der Waals surface area contributed by atoms with Gasteiger partial charge < -0.3 is 9.84 Å². The highest BCUT2D eigenvalue weighted by Gasteiger charge is 2.12. The molecule has 102 valence electrons. The van der Waals surface area contributed by atoms with Gasteiger partial charge in [0.25, 0.3) is 0 Å². The first-order valence-corrected chi connectivity index (χ1v) is 7.86. The van der Waals surface area contributed by atoms with Gasteiger partial charge in [-0.3, -0.25) is 0 Å². The molecule has 1 rings (SSSR count). The van der Waals surface area contributed by atoms with Crippen LogP contribution in [0.3, 0.4) is 0 Å². The van der Waals surface area contributed by atoms with E-state index in [-0.39, 0.29) is 18.1 Å². The highest BCUT2D eigenvalue weighted by atomic mass is 35.5. The smallest absolute Gasteiger partial charge is 0.153 e. The molecule has 0 radical (unpaired) electrons. The Labute approximate surface area is 112 Å². The molecule has 1 aromatic rings. The minimum atomic E-state index is -3.04. The largest absolute Gasteiger partial charge is 0.492 e. The summed E-state index contributed by atoms with van der Waals surface area (Å²) in [7, 11) is -3.04. The SMILES string of the molecule is CCS(=O)(=O)CCOc1ccc(Cl)cc1[C@@H](C)O. The quantitative estimate of drug-likeness (QED) is 0.873. The molecule has 0 fully saturated rings. The molecule has 0 heterocycles. The van der Waals surface area contributed by atoms with Crippen molar-refractivity contribution in [3.8, 4) is 5.75 Å². The highest BCUT2D eigenvalue weighted by Crippen LogP contribution is 2.28. The molecular formula is C12H17ClO4S. The van der Waals surface area contributed by atoms with E-state index in [0.717, 1.165) is 0 Å². The van der Waals surface area contributed by atoms with E-state index in [4.69, 9.17) is 16.3 Å². The normalized spacial score (nSPS) is 13.3. The maximum absolute atomic E-state index is 11.3. The van der Waals surface area contributed by atoms with Crippen molar-refractivity contribution < 1.29 is 18.3 Å². The zero-order valence-electron chi connectivity index (χ0n) is 10.4. The Balaban J connectivity index is 2.73. The van der Waals surface area contributed by atoms with Gasteiger partial charge in [-0.05, 0) is 25.1 Å². The lowest BCUT2D eigenvalue weighted by Crippen LogP contribution is -2.16. The van der Waals surface area contributed by atoms with Gasteiger partial charge in [-0.2, -0.15) is 0 Å². The van der Waals surface area contributed by atoms with E-state index in [1.807, 2.05) is 0 Å². The summed E-state index contributed by atoms with van der Waals surface area (Å²) in [5, 5.41) is 10.1. The second-order valence-electron chi connectivity index (χ2n) is 3.94. The Morgan fingerprint density at radius 3 is 2.67 bits per heavy atom. The van der Waals surface area contributed by atoms with Gasteiger partial charge in [0.05, 0.1) is 11.9 Å². The molecule has 0 saturated carbocycles. The number of hydrogen-bond donors (Lipinski definition) is 1. The predicted molar refractivity (Wildman–Crippen MR) is 71.9 cm³/mol. The van der Waals surface area contributed by atoms with E-state index in [0.29, 0.717) is 16.3 Å². The van der Waals surface area contributed by atoms with Gasteiger partial charge in [0.1, 0.15) is 12.4 Å². The minimum Gasteiger partial charge on any atom is -0.492 e. The van der Waals surface area contributed by atoms with Crippen LogP contribution in [0.25, 0.3) is 0 Å². The van der Waals surface area contributed by atoms with Crippen molar-refractivity contribution in [1.29, 1.82) is 0 Å². The lowest BCUT2D eigenvalue weighted by Gasteiger charge is -2.13. The maximum Gasteiger partial charge on any atom is 0.153 e. The Hall–Kier alpha value is -0.780. The summed E-state index contributed by atoms with van der Waals surface area (Å²) in [6.45, 7) is 3.26. The first-order valence-electron chi connectivity index (χ1n) is 5.66. The average Bonchev–Trinajstić information content (AvgIpc) is 2.30. The highest BCUT2D eigenvalue weighted by molar-refractivity contribution is 7.91. The molecular weight excluding hydrogens is 276 g/mol. The topological polar surface area (TPSA) is 63.6 Å². The van der Waals surface area contributed by atoms with Crippen molar-refractivity contribution in [3.63, 3.8) is 0 Å². The molecule has 0 amide bonds. The number of sulfone groups is 1. The van der Waals surface area contributed by atoms with Crippen LogP contribution in [0.5, 0.6) is 5.75 Å². The van der Waals surface area contributed by atoms with E-state index in [9.17, 15) is 13.5 Å². The Morgan fingerprint density at radius 2 is 2.11 bits per heavy atom. The molecule has 1 atom stereocenters. The average molecular weight is 293 g/mol. The summed E-state index contributed by atoms with van der Waals surface area (Å²) in [4.78, 5) is 0. The number of benzene rings is 1. The van der Waals surface area contributed by atoms with Gasteiger partial charge in [-0.1, -0.05) is 18.5 Å². The Bertz CT molecular complexity index is 497. The lowest BCUT2D eigenvalue weighted by atomic mass is 10.1. The first-order chi connectivity index (χ1) is 8.35. The van der Waals surface area contributed by atoms with Crippen LogP contribution in [0.15, 0.2) is 18.2 Å². The molecule has 1 N–H and O–H groups in total. The van der Waals surface area contributed by atoms with Gasteiger partial charge >= 0.3 is 0 Å². The molecule has 0 aliphatic heterocycles. The zero-order chi connectivity index (χ0) is 13.8. The van der Waals surface area contributed by atoms with Crippen molar-refractivity contribution in [2.75, 3.05) is 18.1 Å². The monoisotopic (exact) mass is 292 g/mol. The molecule has 0 saturated heterocycles. The number of aliphatic hydroxyl groups excluding tert-OH is 1. The Morgan fingerprint density at radius 1 is 1.44 bits per heavy atom. The third kappa shape index (κ3) is 4.48. The van der Waals surface area contributed by atoms with Gasteiger partial charge in [-0.15, -0.1) is 0 Å². The summed E-state index contributed by atoms with van der Waals surface area (Å²) in [5.41, 5.74) is 0.552. The minimum absolute atomic E-state index is 0.0363. The summed E-state index contributed by atoms with van der Waals surface area (Å²) in [6, 6.07) is 4.87. The van der Waals surface area contributed by atoms with Crippen LogP contribution in [0.4, 0.5) is 0 Å². The van der Waals surface area contributed by atoms with Gasteiger partial charge in [0, 0.05) is 16.3 Å². The zero-order valence-corrected chi connectivity index (χ0v) is 12.0. The molecule has 0 aromatic heterocycles. The standard InChI is InChI=1S/C12H17ClO4S/c1-3-18(15,16)7-6-17-12-5-4-10(13)8-11(12)9(2)14/h4-5,8-9,14H,3,6-7H2,1-2H3/t9-/m1/s1. The summed E-state index contributed by atoms with van der Waals surface area (Å²) >= 11 is 5.83. The molecule has 0 aliphatic carbocycles. The van der Waals surface area contributed by atoms with Crippen molar-refractivity contribution in [2.45, 2.75) is 20.0 Å². The summed E-state index contributed by atoms with van der Waals surface area (Å²) in [6.07, 6.45) is -0.721. The van der Waals surface area contributed by atoms with E-state index in [2.05, 4.69) is 0 Å². The number of rotatable bonds is 6. The summed E-state index contributed by atoms with van der Waals surface area (Å²) in [5.74, 6) is 0.520. The van der Waals surface area contributed by atoms with Crippen molar-refractivity contribution >= 4 is 21.4 Å². The van der Waals surface area contributed by atoms with E-state index < -0.39 is 15.9 Å². The second kappa shape index (κ2) is 6.41. The van der Waals surface area contributed by atoms with Crippen LogP contribution < -0.4 is 4.74 Å². The van der Waals surface area contributed by atoms with E-state index in [1.165, 1.54) is 0 Å². The molecule has 1 aromatic carbocycles. The second-order valence-corrected chi connectivity index (χ2v) is 6.85. The van der Waals surface area contributed by atoms with Crippen LogP contribution in [-0.2, 0) is 9.84 Å². The molecule has 6 heteroatoms. The van der Waals surface area contributed by atoms with Crippen molar-refractivity contribution in [2.24, 2.45) is 0 Å². The lowest BCUT2D eigenvalue weighted by molar-refractivity contribution is 0.192. The first kappa shape index (κ1) is 15.3. The molecule has 0 aliphatic rings. The van der Waals surface area contributed by atoms with Gasteiger partial charge in [0.15, 0.2) is 9.84 Å². The number of ether oxygens (including phenoxy) is 1. The van der Waals surface area contributed by atoms with E-state index in [1.54, 1.807) is 32.0 Å². The van der Waals surface area contributed by atoms with Crippen LogP contribution in [0.2, 0.25) is 5.02 Å². The van der Waals surface area contributed by atoms with Crippen LogP contribution in [0, 0.1) is 0 Å². The van der Waals surface area contributed by atoms with Crippen molar-refractivity contribution in [1.82, 2.24) is 0 Å². The van der Waals surface area contributed by atoms with Gasteiger partial charge in [0.2, 0.25) is 0 Å². The Kier molecular flexibility index (Phi) is 5.44. The third-order valence-corrected chi connectivity index (χ3v) is 4.42. The third-order valence-electron chi connectivity index (χ3n) is 2.51.